The van der Waals surface area contributed by atoms with Crippen LogP contribution in [-0.2, 0) is 13.0 Å². The first-order valence-electron chi connectivity index (χ1n) is 7.18. The van der Waals surface area contributed by atoms with E-state index in [1.165, 1.54) is 6.92 Å². The molecule has 4 nitrogen and oxygen atoms in total. The molecule has 2 rings (SSSR count). The van der Waals surface area contributed by atoms with Gasteiger partial charge >= 0.3 is 0 Å². The highest BCUT2D eigenvalue weighted by Gasteiger charge is 2.06. The van der Waals surface area contributed by atoms with Gasteiger partial charge in [-0.1, -0.05) is 36.4 Å². The first-order valence-corrected chi connectivity index (χ1v) is 7.18. The van der Waals surface area contributed by atoms with Crippen LogP contribution in [0.4, 0.5) is 0 Å². The van der Waals surface area contributed by atoms with E-state index in [1.54, 1.807) is 24.3 Å². The van der Waals surface area contributed by atoms with Gasteiger partial charge in [0.25, 0.3) is 5.91 Å². The molecular formula is C18H19NO3. The Morgan fingerprint density at radius 1 is 0.909 bits per heavy atom. The molecule has 0 heterocycles. The lowest BCUT2D eigenvalue weighted by molar-refractivity contribution is 0.0952. The third kappa shape index (κ3) is 4.27. The van der Waals surface area contributed by atoms with Gasteiger partial charge in [0, 0.05) is 17.7 Å². The number of ketones is 1. The molecule has 0 radical (unpaired) electrons. The maximum atomic E-state index is 12.0. The molecule has 0 saturated heterocycles. The number of carbonyl (C=O) groups excluding carboxylic acids is 2. The number of benzene rings is 2. The molecule has 0 fully saturated rings. The molecule has 2 aromatic carbocycles. The van der Waals surface area contributed by atoms with E-state index in [9.17, 15) is 9.59 Å². The van der Waals surface area contributed by atoms with E-state index in [4.69, 9.17) is 5.11 Å². The van der Waals surface area contributed by atoms with Crippen molar-refractivity contribution in [1.29, 1.82) is 0 Å². The SMILES string of the molecule is CC(=O)c1ccc(C(=O)NCCc2ccc(CO)cc2)cc1. The van der Waals surface area contributed by atoms with E-state index in [2.05, 4.69) is 5.32 Å². The van der Waals surface area contributed by atoms with Crippen LogP contribution < -0.4 is 5.32 Å². The molecular weight excluding hydrogens is 278 g/mol. The van der Waals surface area contributed by atoms with E-state index >= 15 is 0 Å². The van der Waals surface area contributed by atoms with Gasteiger partial charge in [0.05, 0.1) is 6.61 Å². The molecule has 0 aliphatic heterocycles. The van der Waals surface area contributed by atoms with Gasteiger partial charge in [-0.25, -0.2) is 0 Å². The van der Waals surface area contributed by atoms with E-state index < -0.39 is 0 Å². The summed E-state index contributed by atoms with van der Waals surface area (Å²) in [6.45, 7) is 2.07. The van der Waals surface area contributed by atoms with Crippen molar-refractivity contribution in [1.82, 2.24) is 5.32 Å². The Labute approximate surface area is 129 Å². The maximum absolute atomic E-state index is 12.0. The highest BCUT2D eigenvalue weighted by atomic mass is 16.3. The number of rotatable bonds is 6. The Balaban J connectivity index is 1.85. The highest BCUT2D eigenvalue weighted by molar-refractivity contribution is 5.97. The summed E-state index contributed by atoms with van der Waals surface area (Å²) in [6.07, 6.45) is 0.725. The van der Waals surface area contributed by atoms with E-state index in [0.717, 1.165) is 17.5 Å². The number of Topliss-reactive ketones (excluding diaryl/α,β-unsaturated/α-hetero) is 1. The van der Waals surface area contributed by atoms with Crippen LogP contribution >= 0.6 is 0 Å². The highest BCUT2D eigenvalue weighted by Crippen LogP contribution is 2.06. The fraction of sp³-hybridized carbons (Fsp3) is 0.222. The molecule has 0 aliphatic rings. The predicted molar refractivity (Wildman–Crippen MR) is 84.8 cm³/mol. The van der Waals surface area contributed by atoms with Gasteiger partial charge in [-0.05, 0) is 36.6 Å². The fourth-order valence-electron chi connectivity index (χ4n) is 2.09. The fourth-order valence-corrected chi connectivity index (χ4v) is 2.09. The van der Waals surface area contributed by atoms with Crippen molar-refractivity contribution >= 4 is 11.7 Å². The number of nitrogens with one attached hydrogen (secondary N) is 1. The van der Waals surface area contributed by atoms with Crippen molar-refractivity contribution in [3.63, 3.8) is 0 Å². The van der Waals surface area contributed by atoms with Crippen LogP contribution in [0.15, 0.2) is 48.5 Å². The third-order valence-electron chi connectivity index (χ3n) is 3.46. The Bertz CT molecular complexity index is 645. The molecule has 0 unspecified atom stereocenters. The Kier molecular flexibility index (Phi) is 5.44. The van der Waals surface area contributed by atoms with Gasteiger partial charge in [0.15, 0.2) is 5.78 Å². The monoisotopic (exact) mass is 297 g/mol. The summed E-state index contributed by atoms with van der Waals surface area (Å²) < 4.78 is 0. The summed E-state index contributed by atoms with van der Waals surface area (Å²) in [4.78, 5) is 23.2. The summed E-state index contributed by atoms with van der Waals surface area (Å²) in [5, 5.41) is 11.8. The van der Waals surface area contributed by atoms with Crippen LogP contribution in [0.25, 0.3) is 0 Å². The molecule has 4 heteroatoms. The van der Waals surface area contributed by atoms with Crippen molar-refractivity contribution in [2.24, 2.45) is 0 Å². The summed E-state index contributed by atoms with van der Waals surface area (Å²) in [7, 11) is 0. The van der Waals surface area contributed by atoms with Gasteiger partial charge in [-0.15, -0.1) is 0 Å². The van der Waals surface area contributed by atoms with Gasteiger partial charge in [0.1, 0.15) is 0 Å². The van der Waals surface area contributed by atoms with Crippen molar-refractivity contribution in [3.8, 4) is 0 Å². The third-order valence-corrected chi connectivity index (χ3v) is 3.46. The molecule has 0 aliphatic carbocycles. The smallest absolute Gasteiger partial charge is 0.251 e. The van der Waals surface area contributed by atoms with Crippen molar-refractivity contribution in [2.45, 2.75) is 20.0 Å². The first-order chi connectivity index (χ1) is 10.6. The molecule has 22 heavy (non-hydrogen) atoms. The second kappa shape index (κ2) is 7.52. The number of aliphatic hydroxyl groups is 1. The summed E-state index contributed by atoms with van der Waals surface area (Å²) in [5.74, 6) is -0.166. The molecule has 1 amide bonds. The van der Waals surface area contributed by atoms with Crippen molar-refractivity contribution in [2.75, 3.05) is 6.54 Å². The van der Waals surface area contributed by atoms with Crippen LogP contribution in [0.5, 0.6) is 0 Å². The van der Waals surface area contributed by atoms with Crippen LogP contribution in [0.1, 0.15) is 38.8 Å². The standard InChI is InChI=1S/C18H19NO3/c1-13(21)16-6-8-17(9-7-16)18(22)19-11-10-14-2-4-15(12-20)5-3-14/h2-9,20H,10-12H2,1H3,(H,19,22). The number of hydrogen-bond donors (Lipinski definition) is 2. The lowest BCUT2D eigenvalue weighted by Gasteiger charge is -2.06. The minimum atomic E-state index is -0.151. The van der Waals surface area contributed by atoms with E-state index in [0.29, 0.717) is 17.7 Å². The first kappa shape index (κ1) is 15.9. The Morgan fingerprint density at radius 2 is 1.45 bits per heavy atom. The molecule has 0 saturated carbocycles. The molecule has 2 aromatic rings. The van der Waals surface area contributed by atoms with E-state index in [1.807, 2.05) is 24.3 Å². The molecule has 0 atom stereocenters. The van der Waals surface area contributed by atoms with Crippen molar-refractivity contribution in [3.05, 3.63) is 70.8 Å². The number of amides is 1. The Hall–Kier alpha value is -2.46. The molecule has 0 bridgehead atoms. The minimum Gasteiger partial charge on any atom is -0.392 e. The topological polar surface area (TPSA) is 66.4 Å². The van der Waals surface area contributed by atoms with Gasteiger partial charge in [-0.2, -0.15) is 0 Å². The van der Waals surface area contributed by atoms with Crippen LogP contribution in [-0.4, -0.2) is 23.3 Å². The Morgan fingerprint density at radius 3 is 2.00 bits per heavy atom. The summed E-state index contributed by atoms with van der Waals surface area (Å²) in [5.41, 5.74) is 3.11. The zero-order chi connectivity index (χ0) is 15.9. The normalized spacial score (nSPS) is 10.3. The largest absolute Gasteiger partial charge is 0.392 e. The van der Waals surface area contributed by atoms with Crippen LogP contribution in [0.2, 0.25) is 0 Å². The summed E-state index contributed by atoms with van der Waals surface area (Å²) in [6, 6.07) is 14.3. The molecule has 2 N–H and O–H groups in total. The van der Waals surface area contributed by atoms with Crippen LogP contribution in [0, 0.1) is 0 Å². The van der Waals surface area contributed by atoms with Gasteiger partial charge in [0.2, 0.25) is 0 Å². The molecule has 0 spiro atoms. The lowest BCUT2D eigenvalue weighted by Crippen LogP contribution is -2.25. The minimum absolute atomic E-state index is 0.0155. The number of hydrogen-bond acceptors (Lipinski definition) is 3. The second-order valence-corrected chi connectivity index (χ2v) is 5.11. The zero-order valence-electron chi connectivity index (χ0n) is 12.5. The average molecular weight is 297 g/mol. The van der Waals surface area contributed by atoms with Crippen molar-refractivity contribution < 1.29 is 14.7 Å². The summed E-state index contributed by atoms with van der Waals surface area (Å²) >= 11 is 0. The van der Waals surface area contributed by atoms with Gasteiger partial charge in [-0.3, -0.25) is 9.59 Å². The van der Waals surface area contributed by atoms with Crippen LogP contribution in [0.3, 0.4) is 0 Å². The molecule has 114 valence electrons. The quantitative estimate of drug-likeness (QED) is 0.804. The predicted octanol–water partition coefficient (Wildman–Crippen LogP) is 2.35. The van der Waals surface area contributed by atoms with Gasteiger partial charge < -0.3 is 10.4 Å². The number of aliphatic hydroxyl groups excluding tert-OH is 1. The number of carbonyl (C=O) groups is 2. The second-order valence-electron chi connectivity index (χ2n) is 5.11. The zero-order valence-corrected chi connectivity index (χ0v) is 12.5. The lowest BCUT2D eigenvalue weighted by atomic mass is 10.1. The maximum Gasteiger partial charge on any atom is 0.251 e. The molecule has 0 aromatic heterocycles. The average Bonchev–Trinajstić information content (AvgIpc) is 2.55. The van der Waals surface area contributed by atoms with E-state index in [-0.39, 0.29) is 18.3 Å².